The van der Waals surface area contributed by atoms with Crippen LogP contribution >= 0.6 is 0 Å². The minimum atomic E-state index is -0.878. The van der Waals surface area contributed by atoms with Crippen molar-refractivity contribution in [2.24, 2.45) is 4.99 Å². The highest BCUT2D eigenvalue weighted by Crippen LogP contribution is 2.38. The lowest BCUT2D eigenvalue weighted by molar-refractivity contribution is 0.0524. The Labute approximate surface area is 226 Å². The molecule has 0 saturated carbocycles. The lowest BCUT2D eigenvalue weighted by Gasteiger charge is -2.27. The smallest absolute Gasteiger partial charge is 0.429 e. The molecule has 39 heavy (non-hydrogen) atoms. The van der Waals surface area contributed by atoms with Crippen molar-refractivity contribution in [1.29, 1.82) is 0 Å². The molecule has 0 radical (unpaired) electrons. The Morgan fingerprint density at radius 1 is 1.03 bits per heavy atom. The van der Waals surface area contributed by atoms with Gasteiger partial charge in [0.2, 0.25) is 5.90 Å². The molecule has 0 aliphatic carbocycles. The number of nitrogens with one attached hydrogen (secondary N) is 1. The van der Waals surface area contributed by atoms with Gasteiger partial charge in [-0.05, 0) is 26.3 Å². The summed E-state index contributed by atoms with van der Waals surface area (Å²) in [5.74, 6) is 0.523. The average molecular weight is 537 g/mol. The van der Waals surface area contributed by atoms with Crippen molar-refractivity contribution in [2.45, 2.75) is 39.0 Å². The van der Waals surface area contributed by atoms with Crippen LogP contribution < -0.4 is 5.43 Å². The average Bonchev–Trinajstić information content (AvgIpc) is 3.57. The molecule has 4 rings (SSSR count). The number of ether oxygens (including phenoxy) is 4. The molecule has 3 atom stereocenters. The second kappa shape index (κ2) is 12.9. The number of hydrogen-bond acceptors (Lipinski definition) is 9. The molecule has 1 aliphatic rings. The largest absolute Gasteiger partial charge is 0.467 e. The topological polar surface area (TPSA) is 125 Å². The Bertz CT molecular complexity index is 1280. The Morgan fingerprint density at radius 3 is 2.33 bits per heavy atom. The summed E-state index contributed by atoms with van der Waals surface area (Å²) in [5, 5.41) is 5.33. The summed E-state index contributed by atoms with van der Waals surface area (Å²) < 4.78 is 27.9. The SMILES string of the molecule is CCOC(=O)NN(C(=O)OCC)[C@@H](C)c1onc(-c2ccccc2)c1C1=N[C@@H](COC)[C@H](c2ccccc2)O1. The first kappa shape index (κ1) is 27.6. The van der Waals surface area contributed by atoms with E-state index in [9.17, 15) is 9.59 Å². The van der Waals surface area contributed by atoms with Crippen LogP contribution in [0.5, 0.6) is 0 Å². The molecule has 0 unspecified atom stereocenters. The van der Waals surface area contributed by atoms with Gasteiger partial charge in [0.05, 0.1) is 19.8 Å². The molecular formula is C28H32N4O7. The fraction of sp³-hybridized carbons (Fsp3) is 0.357. The van der Waals surface area contributed by atoms with E-state index < -0.39 is 24.3 Å². The van der Waals surface area contributed by atoms with Gasteiger partial charge in [-0.25, -0.2) is 25.0 Å². The molecule has 0 fully saturated rings. The van der Waals surface area contributed by atoms with E-state index in [0.717, 1.165) is 16.1 Å². The summed E-state index contributed by atoms with van der Waals surface area (Å²) in [6.07, 6.45) is -2.03. The zero-order valence-electron chi connectivity index (χ0n) is 22.3. The third-order valence-electron chi connectivity index (χ3n) is 6.03. The van der Waals surface area contributed by atoms with E-state index in [1.54, 1.807) is 27.9 Å². The molecule has 0 saturated heterocycles. The van der Waals surface area contributed by atoms with Crippen molar-refractivity contribution in [3.63, 3.8) is 0 Å². The molecule has 2 heterocycles. The van der Waals surface area contributed by atoms with Crippen molar-refractivity contribution in [3.05, 3.63) is 77.6 Å². The lowest BCUT2D eigenvalue weighted by Crippen LogP contribution is -2.48. The number of hydrogen-bond donors (Lipinski definition) is 1. The van der Waals surface area contributed by atoms with E-state index in [0.29, 0.717) is 17.9 Å². The zero-order valence-corrected chi connectivity index (χ0v) is 22.3. The van der Waals surface area contributed by atoms with Crippen LogP contribution in [0.1, 0.15) is 49.8 Å². The summed E-state index contributed by atoms with van der Waals surface area (Å²) in [5.41, 5.74) is 5.06. The van der Waals surface area contributed by atoms with Crippen LogP contribution in [0.3, 0.4) is 0 Å². The third-order valence-corrected chi connectivity index (χ3v) is 6.03. The normalized spacial score (nSPS) is 17.1. The summed E-state index contributed by atoms with van der Waals surface area (Å²) >= 11 is 0. The first-order chi connectivity index (χ1) is 19.0. The Balaban J connectivity index is 1.79. The van der Waals surface area contributed by atoms with Gasteiger partial charge in [-0.1, -0.05) is 65.8 Å². The minimum absolute atomic E-state index is 0.0956. The number of rotatable bonds is 9. The number of aliphatic imine (C=N–C) groups is 1. The van der Waals surface area contributed by atoms with Gasteiger partial charge in [-0.2, -0.15) is 0 Å². The first-order valence-electron chi connectivity index (χ1n) is 12.7. The standard InChI is InChI=1S/C28H32N4O7/c1-5-36-27(33)30-32(28(34)37-6-2)18(3)24-22(23(31-39-24)19-13-9-7-10-14-19)26-29-21(17-35-4)25(38-26)20-15-11-8-12-16-20/h7-16,18,21,25H,5-6,17H2,1-4H3,(H,30,33)/t18-,21-,25-/m0/s1. The molecule has 2 aromatic carbocycles. The highest BCUT2D eigenvalue weighted by atomic mass is 16.6. The molecule has 2 amide bonds. The van der Waals surface area contributed by atoms with E-state index in [2.05, 4.69) is 10.6 Å². The highest BCUT2D eigenvalue weighted by molar-refractivity contribution is 6.02. The third kappa shape index (κ3) is 6.20. The van der Waals surface area contributed by atoms with E-state index in [4.69, 9.17) is 28.5 Å². The van der Waals surface area contributed by atoms with E-state index in [-0.39, 0.29) is 30.9 Å². The number of amides is 2. The molecule has 206 valence electrons. The van der Waals surface area contributed by atoms with Gasteiger partial charge in [0, 0.05) is 12.7 Å². The van der Waals surface area contributed by atoms with Gasteiger partial charge < -0.3 is 23.5 Å². The Morgan fingerprint density at radius 2 is 1.69 bits per heavy atom. The van der Waals surface area contributed by atoms with E-state index in [1.165, 1.54) is 0 Å². The van der Waals surface area contributed by atoms with Crippen molar-refractivity contribution in [1.82, 2.24) is 15.6 Å². The summed E-state index contributed by atoms with van der Waals surface area (Å²) in [6, 6.07) is 17.9. The molecule has 3 aromatic rings. The second-order valence-electron chi connectivity index (χ2n) is 8.62. The number of hydrazine groups is 1. The quantitative estimate of drug-likeness (QED) is 0.377. The van der Waals surface area contributed by atoms with Crippen LogP contribution in [0.2, 0.25) is 0 Å². The summed E-state index contributed by atoms with van der Waals surface area (Å²) in [7, 11) is 1.61. The van der Waals surface area contributed by atoms with Crippen LogP contribution in [0.25, 0.3) is 11.3 Å². The van der Waals surface area contributed by atoms with Crippen LogP contribution in [0.15, 0.2) is 70.2 Å². The molecule has 1 N–H and O–H groups in total. The molecule has 1 aromatic heterocycles. The predicted molar refractivity (Wildman–Crippen MR) is 142 cm³/mol. The monoisotopic (exact) mass is 536 g/mol. The molecule has 0 spiro atoms. The van der Waals surface area contributed by atoms with Crippen LogP contribution in [0.4, 0.5) is 9.59 Å². The van der Waals surface area contributed by atoms with Gasteiger partial charge in [0.1, 0.15) is 23.3 Å². The van der Waals surface area contributed by atoms with Gasteiger partial charge in [0.25, 0.3) is 0 Å². The van der Waals surface area contributed by atoms with Crippen molar-refractivity contribution >= 4 is 18.1 Å². The number of methoxy groups -OCH3 is 1. The Kier molecular flexibility index (Phi) is 9.16. The number of benzene rings is 2. The molecule has 1 aliphatic heterocycles. The maximum absolute atomic E-state index is 12.9. The number of nitrogens with zero attached hydrogens (tertiary/aromatic N) is 3. The van der Waals surface area contributed by atoms with E-state index >= 15 is 0 Å². The van der Waals surface area contributed by atoms with Crippen LogP contribution in [0, 0.1) is 0 Å². The lowest BCUT2D eigenvalue weighted by atomic mass is 10.0. The summed E-state index contributed by atoms with van der Waals surface area (Å²) in [6.45, 7) is 5.53. The summed E-state index contributed by atoms with van der Waals surface area (Å²) in [4.78, 5) is 30.0. The number of carbonyl (C=O) groups is 2. The van der Waals surface area contributed by atoms with Crippen LogP contribution in [-0.4, -0.2) is 61.2 Å². The minimum Gasteiger partial charge on any atom is -0.467 e. The van der Waals surface area contributed by atoms with Gasteiger partial charge in [-0.15, -0.1) is 0 Å². The molecule has 0 bridgehead atoms. The van der Waals surface area contributed by atoms with Crippen molar-refractivity contribution in [2.75, 3.05) is 26.9 Å². The second-order valence-corrected chi connectivity index (χ2v) is 8.62. The van der Waals surface area contributed by atoms with E-state index in [1.807, 2.05) is 60.7 Å². The molecule has 11 nitrogen and oxygen atoms in total. The molecular weight excluding hydrogens is 504 g/mol. The van der Waals surface area contributed by atoms with Crippen LogP contribution in [-0.2, 0) is 18.9 Å². The highest BCUT2D eigenvalue weighted by Gasteiger charge is 2.39. The predicted octanol–water partition coefficient (Wildman–Crippen LogP) is 5.06. The molecule has 11 heteroatoms. The van der Waals surface area contributed by atoms with Crippen molar-refractivity contribution in [3.8, 4) is 11.3 Å². The number of aromatic nitrogens is 1. The van der Waals surface area contributed by atoms with Crippen molar-refractivity contribution < 1.29 is 33.1 Å². The fourth-order valence-electron chi connectivity index (χ4n) is 4.26. The maximum atomic E-state index is 12.9. The first-order valence-corrected chi connectivity index (χ1v) is 12.7. The Hall–Kier alpha value is -4.38. The van der Waals surface area contributed by atoms with Gasteiger partial charge in [-0.3, -0.25) is 0 Å². The number of carbonyl (C=O) groups excluding carboxylic acids is 2. The zero-order chi connectivity index (χ0) is 27.8. The van der Waals surface area contributed by atoms with Gasteiger partial charge >= 0.3 is 12.2 Å². The maximum Gasteiger partial charge on any atom is 0.429 e. The van der Waals surface area contributed by atoms with Gasteiger partial charge in [0.15, 0.2) is 11.9 Å². The fourth-order valence-corrected chi connectivity index (χ4v) is 4.26.